The Morgan fingerprint density at radius 2 is 2.19 bits per heavy atom. The van der Waals surface area contributed by atoms with Crippen LogP contribution in [0.1, 0.15) is 26.2 Å². The second kappa shape index (κ2) is 5.60. The Hall–Kier alpha value is -1.09. The second-order valence-corrected chi connectivity index (χ2v) is 7.81. The van der Waals surface area contributed by atoms with E-state index < -0.39 is 10.0 Å². The third kappa shape index (κ3) is 2.57. The average Bonchev–Trinajstić information content (AvgIpc) is 2.95. The van der Waals surface area contributed by atoms with Gasteiger partial charge in [-0.25, -0.2) is 8.42 Å². The normalized spacial score (nSPS) is 22.5. The molecule has 0 spiro atoms. The lowest BCUT2D eigenvalue weighted by atomic mass is 10.00. The number of hydrogen-bond acceptors (Lipinski definition) is 6. The minimum Gasteiger partial charge on any atom is -0.326 e. The molecule has 0 saturated carbocycles. The summed E-state index contributed by atoms with van der Waals surface area (Å²) in [6, 6.07) is 4.75. The Kier molecular flexibility index (Phi) is 3.96. The van der Waals surface area contributed by atoms with E-state index in [-0.39, 0.29) is 17.0 Å². The van der Waals surface area contributed by atoms with Crippen molar-refractivity contribution in [3.05, 3.63) is 18.2 Å². The lowest BCUT2D eigenvalue weighted by Crippen LogP contribution is -2.51. The van der Waals surface area contributed by atoms with E-state index in [1.54, 1.807) is 22.5 Å². The van der Waals surface area contributed by atoms with Gasteiger partial charge in [0.25, 0.3) is 0 Å². The minimum atomic E-state index is -3.60. The van der Waals surface area contributed by atoms with Crippen molar-refractivity contribution >= 4 is 32.8 Å². The molecule has 1 saturated heterocycles. The molecule has 114 valence electrons. The summed E-state index contributed by atoms with van der Waals surface area (Å²) in [6.45, 7) is 2.38. The zero-order chi connectivity index (χ0) is 15.0. The van der Waals surface area contributed by atoms with E-state index in [4.69, 9.17) is 5.73 Å². The van der Waals surface area contributed by atoms with E-state index in [9.17, 15) is 8.42 Å². The topological polar surface area (TPSA) is 89.2 Å². The van der Waals surface area contributed by atoms with Crippen molar-refractivity contribution in [3.8, 4) is 0 Å². The van der Waals surface area contributed by atoms with Gasteiger partial charge in [-0.3, -0.25) is 0 Å². The molecule has 1 aromatic carbocycles. The Bertz CT molecular complexity index is 741. The summed E-state index contributed by atoms with van der Waals surface area (Å²) in [5.74, 6) is 0. The average molecular weight is 326 g/mol. The maximum atomic E-state index is 13.0. The van der Waals surface area contributed by atoms with Gasteiger partial charge >= 0.3 is 0 Å². The smallest absolute Gasteiger partial charge is 0.245 e. The van der Waals surface area contributed by atoms with Gasteiger partial charge in [-0.15, -0.1) is 0 Å². The molecule has 3 rings (SSSR count). The van der Waals surface area contributed by atoms with Crippen LogP contribution < -0.4 is 5.73 Å². The molecule has 2 atom stereocenters. The molecule has 0 radical (unpaired) electrons. The largest absolute Gasteiger partial charge is 0.326 e. The first-order valence-electron chi connectivity index (χ1n) is 7.00. The molecule has 21 heavy (non-hydrogen) atoms. The maximum Gasteiger partial charge on any atom is 0.245 e. The number of hydrogen-bond donors (Lipinski definition) is 1. The van der Waals surface area contributed by atoms with Crippen LogP contribution in [0.2, 0.25) is 0 Å². The van der Waals surface area contributed by atoms with E-state index in [2.05, 4.69) is 8.75 Å². The van der Waals surface area contributed by atoms with E-state index in [0.29, 0.717) is 17.6 Å². The standard InChI is InChI=1S/C13H18N4O2S2/c1-9(14)11-6-2-3-8-17(11)21(18,19)12-7-4-5-10-13(12)16-20-15-10/h4-5,7,9,11H,2-3,6,8,14H2,1H3/t9-,11+/m1/s1. The number of rotatable bonds is 3. The first-order chi connectivity index (χ1) is 10.0. The van der Waals surface area contributed by atoms with Gasteiger partial charge in [0.2, 0.25) is 10.0 Å². The number of aromatic nitrogens is 2. The predicted molar refractivity (Wildman–Crippen MR) is 82.6 cm³/mol. The van der Waals surface area contributed by atoms with Gasteiger partial charge in [-0.2, -0.15) is 13.1 Å². The van der Waals surface area contributed by atoms with E-state index in [1.807, 2.05) is 6.92 Å². The molecule has 0 unspecified atom stereocenters. The van der Waals surface area contributed by atoms with Crippen LogP contribution in [0.5, 0.6) is 0 Å². The number of benzene rings is 1. The van der Waals surface area contributed by atoms with Crippen molar-refractivity contribution in [3.63, 3.8) is 0 Å². The summed E-state index contributed by atoms with van der Waals surface area (Å²) in [4.78, 5) is 0.237. The SMILES string of the molecule is C[C@@H](N)[C@@H]1CCCCN1S(=O)(=O)c1cccc2nsnc12. The van der Waals surface area contributed by atoms with Crippen LogP contribution in [-0.4, -0.2) is 40.1 Å². The number of piperidine rings is 1. The zero-order valence-electron chi connectivity index (χ0n) is 11.8. The first-order valence-corrected chi connectivity index (χ1v) is 9.17. The Labute approximate surface area is 128 Å². The fourth-order valence-electron chi connectivity index (χ4n) is 2.87. The summed E-state index contributed by atoms with van der Waals surface area (Å²) >= 11 is 1.03. The van der Waals surface area contributed by atoms with Crippen LogP contribution in [-0.2, 0) is 10.0 Å². The molecule has 1 aromatic heterocycles. The molecule has 1 fully saturated rings. The minimum absolute atomic E-state index is 0.148. The Balaban J connectivity index is 2.09. The molecule has 0 bridgehead atoms. The molecule has 0 aliphatic carbocycles. The van der Waals surface area contributed by atoms with E-state index in [1.165, 1.54) is 0 Å². The first kappa shape index (κ1) is 14.8. The van der Waals surface area contributed by atoms with Gasteiger partial charge < -0.3 is 5.73 Å². The van der Waals surface area contributed by atoms with Gasteiger partial charge in [0.1, 0.15) is 15.9 Å². The van der Waals surface area contributed by atoms with Crippen molar-refractivity contribution in [2.24, 2.45) is 5.73 Å². The summed E-state index contributed by atoms with van der Waals surface area (Å²) in [7, 11) is -3.60. The summed E-state index contributed by atoms with van der Waals surface area (Å²) < 4.78 is 35.9. The number of nitrogens with zero attached hydrogens (tertiary/aromatic N) is 3. The lowest BCUT2D eigenvalue weighted by Gasteiger charge is -2.36. The molecule has 2 aromatic rings. The molecule has 0 amide bonds. The van der Waals surface area contributed by atoms with Crippen LogP contribution >= 0.6 is 11.7 Å². The molecule has 8 heteroatoms. The molecule has 1 aliphatic rings. The molecular weight excluding hydrogens is 308 g/mol. The predicted octanol–water partition coefficient (Wildman–Crippen LogP) is 1.58. The lowest BCUT2D eigenvalue weighted by molar-refractivity contribution is 0.227. The van der Waals surface area contributed by atoms with Gasteiger partial charge in [-0.05, 0) is 31.9 Å². The van der Waals surface area contributed by atoms with Gasteiger partial charge in [-0.1, -0.05) is 12.5 Å². The summed E-state index contributed by atoms with van der Waals surface area (Å²) in [6.07, 6.45) is 2.69. The van der Waals surface area contributed by atoms with E-state index in [0.717, 1.165) is 31.0 Å². The van der Waals surface area contributed by atoms with Gasteiger partial charge in [0.05, 0.1) is 11.7 Å². The highest BCUT2D eigenvalue weighted by Gasteiger charge is 2.36. The van der Waals surface area contributed by atoms with Crippen LogP contribution in [0.3, 0.4) is 0 Å². The van der Waals surface area contributed by atoms with Crippen molar-refractivity contribution in [1.82, 2.24) is 13.1 Å². The summed E-state index contributed by atoms with van der Waals surface area (Å²) in [5, 5.41) is 0. The quantitative estimate of drug-likeness (QED) is 0.925. The monoisotopic (exact) mass is 326 g/mol. The third-order valence-electron chi connectivity index (χ3n) is 3.94. The fourth-order valence-corrected chi connectivity index (χ4v) is 5.40. The van der Waals surface area contributed by atoms with Crippen molar-refractivity contribution in [2.45, 2.75) is 43.2 Å². The fraction of sp³-hybridized carbons (Fsp3) is 0.538. The Morgan fingerprint density at radius 3 is 2.95 bits per heavy atom. The summed E-state index contributed by atoms with van der Waals surface area (Å²) in [5.41, 5.74) is 7.07. The molecule has 2 heterocycles. The van der Waals surface area contributed by atoms with Gasteiger partial charge in [0, 0.05) is 18.6 Å². The molecule has 1 aliphatic heterocycles. The second-order valence-electron chi connectivity index (χ2n) is 5.43. The van der Waals surface area contributed by atoms with Crippen molar-refractivity contribution in [1.29, 1.82) is 0 Å². The third-order valence-corrected chi connectivity index (χ3v) is 6.44. The van der Waals surface area contributed by atoms with Crippen LogP contribution in [0.25, 0.3) is 11.0 Å². The van der Waals surface area contributed by atoms with Crippen LogP contribution in [0, 0.1) is 0 Å². The highest BCUT2D eigenvalue weighted by atomic mass is 32.2. The molecular formula is C13H18N4O2S2. The highest BCUT2D eigenvalue weighted by molar-refractivity contribution is 7.89. The molecule has 2 N–H and O–H groups in total. The number of fused-ring (bicyclic) bond motifs is 1. The van der Waals surface area contributed by atoms with E-state index >= 15 is 0 Å². The zero-order valence-corrected chi connectivity index (χ0v) is 13.4. The van der Waals surface area contributed by atoms with Gasteiger partial charge in [0.15, 0.2) is 0 Å². The number of sulfonamides is 1. The number of nitrogens with two attached hydrogens (primary N) is 1. The highest BCUT2D eigenvalue weighted by Crippen LogP contribution is 2.30. The van der Waals surface area contributed by atoms with Crippen LogP contribution in [0.15, 0.2) is 23.1 Å². The van der Waals surface area contributed by atoms with Crippen molar-refractivity contribution < 1.29 is 8.42 Å². The molecule has 6 nitrogen and oxygen atoms in total. The van der Waals surface area contributed by atoms with Crippen molar-refractivity contribution in [2.75, 3.05) is 6.54 Å². The Morgan fingerprint density at radius 1 is 1.38 bits per heavy atom. The van der Waals surface area contributed by atoms with Crippen LogP contribution in [0.4, 0.5) is 0 Å². The maximum absolute atomic E-state index is 13.0.